The van der Waals surface area contributed by atoms with E-state index < -0.39 is 35.9 Å². The van der Waals surface area contributed by atoms with E-state index in [0.29, 0.717) is 25.8 Å². The molecule has 0 unspecified atom stereocenters. The van der Waals surface area contributed by atoms with Crippen LogP contribution in [0, 0.1) is 11.8 Å². The Kier molecular flexibility index (Phi) is 11.0. The quantitative estimate of drug-likeness (QED) is 0.315. The molecular weight excluding hydrogens is 324 g/mol. The summed E-state index contributed by atoms with van der Waals surface area (Å²) in [5, 5.41) is 14.4. The van der Waals surface area contributed by atoms with Gasteiger partial charge < -0.3 is 27.2 Å². The predicted molar refractivity (Wildman–Crippen MR) is 96.7 cm³/mol. The molecule has 0 aliphatic rings. The molecular formula is C17H34N4O4. The number of carbonyl (C=O) groups excluding carboxylic acids is 2. The Hall–Kier alpha value is -1.67. The van der Waals surface area contributed by atoms with E-state index in [1.807, 2.05) is 13.8 Å². The highest BCUT2D eigenvalue weighted by Crippen LogP contribution is 2.09. The standard InChI is InChI=1S/C17H34N4O4/c1-5-11(4)13(19)15(22)21-14(10(2)3)16(23)20-12(17(24)25)8-6-7-9-18/h10-14H,5-9,18-19H2,1-4H3,(H,20,23)(H,21,22)(H,24,25)/t11-,12-,13-,14-/m0/s1. The van der Waals surface area contributed by atoms with Crippen molar-refractivity contribution in [3.05, 3.63) is 0 Å². The van der Waals surface area contributed by atoms with Gasteiger partial charge in [0.1, 0.15) is 12.1 Å². The lowest BCUT2D eigenvalue weighted by Gasteiger charge is -2.26. The van der Waals surface area contributed by atoms with Gasteiger partial charge in [-0.15, -0.1) is 0 Å². The average Bonchev–Trinajstić information content (AvgIpc) is 2.56. The van der Waals surface area contributed by atoms with Crippen LogP contribution in [-0.4, -0.2) is 47.6 Å². The number of hydrogen-bond acceptors (Lipinski definition) is 5. The lowest BCUT2D eigenvalue weighted by Crippen LogP contribution is -2.57. The summed E-state index contributed by atoms with van der Waals surface area (Å²) in [6.07, 6.45) is 2.33. The maximum Gasteiger partial charge on any atom is 0.326 e. The number of nitrogens with one attached hydrogen (secondary N) is 2. The Morgan fingerprint density at radius 1 is 1.04 bits per heavy atom. The second-order valence-corrected chi connectivity index (χ2v) is 6.83. The number of carbonyl (C=O) groups is 3. The minimum Gasteiger partial charge on any atom is -0.480 e. The summed E-state index contributed by atoms with van der Waals surface area (Å²) in [5.74, 6) is -2.24. The fourth-order valence-electron chi connectivity index (χ4n) is 2.31. The Bertz CT molecular complexity index is 442. The fraction of sp³-hybridized carbons (Fsp3) is 0.824. The van der Waals surface area contributed by atoms with Crippen molar-refractivity contribution in [2.24, 2.45) is 23.3 Å². The fourth-order valence-corrected chi connectivity index (χ4v) is 2.31. The maximum absolute atomic E-state index is 12.5. The molecule has 0 saturated heterocycles. The highest BCUT2D eigenvalue weighted by atomic mass is 16.4. The van der Waals surface area contributed by atoms with Crippen LogP contribution in [0.15, 0.2) is 0 Å². The number of unbranched alkanes of at least 4 members (excludes halogenated alkanes) is 1. The van der Waals surface area contributed by atoms with E-state index in [0.717, 1.165) is 6.42 Å². The van der Waals surface area contributed by atoms with E-state index in [1.54, 1.807) is 13.8 Å². The summed E-state index contributed by atoms with van der Waals surface area (Å²) in [6.45, 7) is 7.83. The zero-order valence-corrected chi connectivity index (χ0v) is 15.7. The van der Waals surface area contributed by atoms with Gasteiger partial charge in [0.05, 0.1) is 6.04 Å². The molecule has 8 nitrogen and oxygen atoms in total. The van der Waals surface area contributed by atoms with Gasteiger partial charge in [-0.1, -0.05) is 34.1 Å². The van der Waals surface area contributed by atoms with Gasteiger partial charge in [0, 0.05) is 0 Å². The summed E-state index contributed by atoms with van der Waals surface area (Å²) in [6, 6.07) is -2.54. The van der Waals surface area contributed by atoms with E-state index in [-0.39, 0.29) is 11.8 Å². The molecule has 0 saturated carbocycles. The van der Waals surface area contributed by atoms with Crippen molar-refractivity contribution in [1.82, 2.24) is 10.6 Å². The summed E-state index contributed by atoms with van der Waals surface area (Å²) in [4.78, 5) is 36.0. The number of nitrogens with two attached hydrogens (primary N) is 2. The van der Waals surface area contributed by atoms with Crippen LogP contribution in [0.5, 0.6) is 0 Å². The van der Waals surface area contributed by atoms with Crippen molar-refractivity contribution in [2.45, 2.75) is 71.5 Å². The SMILES string of the molecule is CC[C@H](C)[C@H](N)C(=O)N[C@H](C(=O)N[C@@H](CCCCN)C(=O)O)C(C)C. The summed E-state index contributed by atoms with van der Waals surface area (Å²) >= 11 is 0. The number of carboxylic acid groups (broad SMARTS) is 1. The highest BCUT2D eigenvalue weighted by Gasteiger charge is 2.30. The molecule has 8 heteroatoms. The van der Waals surface area contributed by atoms with Crippen LogP contribution in [0.25, 0.3) is 0 Å². The molecule has 25 heavy (non-hydrogen) atoms. The van der Waals surface area contributed by atoms with Crippen LogP contribution in [-0.2, 0) is 14.4 Å². The van der Waals surface area contributed by atoms with E-state index in [9.17, 15) is 19.5 Å². The van der Waals surface area contributed by atoms with E-state index in [2.05, 4.69) is 10.6 Å². The number of amides is 2. The minimum absolute atomic E-state index is 0.0149. The van der Waals surface area contributed by atoms with Crippen LogP contribution in [0.2, 0.25) is 0 Å². The van der Waals surface area contributed by atoms with Crippen LogP contribution in [0.3, 0.4) is 0 Å². The molecule has 0 aromatic heterocycles. The Morgan fingerprint density at radius 2 is 1.64 bits per heavy atom. The molecule has 0 fully saturated rings. The summed E-state index contributed by atoms with van der Waals surface area (Å²) in [5.41, 5.74) is 11.3. The number of carboxylic acids is 1. The monoisotopic (exact) mass is 358 g/mol. The van der Waals surface area contributed by atoms with Crippen molar-refractivity contribution in [3.63, 3.8) is 0 Å². The third-order valence-corrected chi connectivity index (χ3v) is 4.37. The van der Waals surface area contributed by atoms with Crippen LogP contribution in [0.4, 0.5) is 0 Å². The molecule has 0 rings (SSSR count). The largest absolute Gasteiger partial charge is 0.480 e. The van der Waals surface area contributed by atoms with E-state index in [4.69, 9.17) is 11.5 Å². The van der Waals surface area contributed by atoms with Crippen LogP contribution in [0.1, 0.15) is 53.4 Å². The van der Waals surface area contributed by atoms with Gasteiger partial charge >= 0.3 is 5.97 Å². The van der Waals surface area contributed by atoms with Crippen molar-refractivity contribution < 1.29 is 19.5 Å². The lowest BCUT2D eigenvalue weighted by molar-refractivity contribution is -0.142. The number of aliphatic carboxylic acids is 1. The van der Waals surface area contributed by atoms with Crippen molar-refractivity contribution in [1.29, 1.82) is 0 Å². The highest BCUT2D eigenvalue weighted by molar-refractivity contribution is 5.92. The first-order valence-corrected chi connectivity index (χ1v) is 8.94. The molecule has 0 spiro atoms. The van der Waals surface area contributed by atoms with E-state index in [1.165, 1.54) is 0 Å². The molecule has 0 bridgehead atoms. The number of rotatable bonds is 12. The Morgan fingerprint density at radius 3 is 2.08 bits per heavy atom. The molecule has 0 aliphatic carbocycles. The molecule has 0 heterocycles. The topological polar surface area (TPSA) is 148 Å². The zero-order chi connectivity index (χ0) is 19.6. The van der Waals surface area contributed by atoms with Gasteiger partial charge in [-0.3, -0.25) is 9.59 Å². The zero-order valence-electron chi connectivity index (χ0n) is 15.7. The predicted octanol–water partition coefficient (Wildman–Crippen LogP) is 0.199. The molecule has 0 aromatic rings. The Labute approximate surface area is 150 Å². The van der Waals surface area contributed by atoms with Crippen molar-refractivity contribution in [3.8, 4) is 0 Å². The lowest BCUT2D eigenvalue weighted by atomic mass is 9.97. The smallest absolute Gasteiger partial charge is 0.326 e. The molecule has 0 aliphatic heterocycles. The van der Waals surface area contributed by atoms with Crippen LogP contribution >= 0.6 is 0 Å². The van der Waals surface area contributed by atoms with E-state index >= 15 is 0 Å². The van der Waals surface area contributed by atoms with Crippen molar-refractivity contribution in [2.75, 3.05) is 6.54 Å². The van der Waals surface area contributed by atoms with Gasteiger partial charge in [0.15, 0.2) is 0 Å². The molecule has 2 amide bonds. The van der Waals surface area contributed by atoms with Gasteiger partial charge in [0.2, 0.25) is 11.8 Å². The van der Waals surface area contributed by atoms with Gasteiger partial charge in [0.25, 0.3) is 0 Å². The summed E-state index contributed by atoms with van der Waals surface area (Å²) in [7, 11) is 0. The first-order chi connectivity index (χ1) is 11.6. The van der Waals surface area contributed by atoms with Gasteiger partial charge in [-0.2, -0.15) is 0 Å². The first kappa shape index (κ1) is 23.3. The third kappa shape index (κ3) is 8.31. The minimum atomic E-state index is -1.10. The summed E-state index contributed by atoms with van der Waals surface area (Å²) < 4.78 is 0. The molecule has 4 atom stereocenters. The van der Waals surface area contributed by atoms with Crippen molar-refractivity contribution >= 4 is 17.8 Å². The average molecular weight is 358 g/mol. The maximum atomic E-state index is 12.5. The van der Waals surface area contributed by atoms with Crippen LogP contribution < -0.4 is 22.1 Å². The molecule has 0 aromatic carbocycles. The number of hydrogen-bond donors (Lipinski definition) is 5. The Balaban J connectivity index is 4.92. The molecule has 146 valence electrons. The molecule has 0 radical (unpaired) electrons. The van der Waals surface area contributed by atoms with Gasteiger partial charge in [-0.05, 0) is 37.6 Å². The molecule has 7 N–H and O–H groups in total. The first-order valence-electron chi connectivity index (χ1n) is 8.94. The third-order valence-electron chi connectivity index (χ3n) is 4.37. The second kappa shape index (κ2) is 11.8. The second-order valence-electron chi connectivity index (χ2n) is 6.83. The van der Waals surface area contributed by atoms with Gasteiger partial charge in [-0.25, -0.2) is 4.79 Å². The normalized spacial score (nSPS) is 16.0.